The van der Waals surface area contributed by atoms with Gasteiger partial charge >= 0.3 is 0 Å². The van der Waals surface area contributed by atoms with E-state index in [1.165, 1.54) is 30.3 Å². The third kappa shape index (κ3) is 2.12. The first-order valence-electron chi connectivity index (χ1n) is 6.07. The number of allylic oxidation sites excluding steroid dienone is 1. The van der Waals surface area contributed by atoms with E-state index in [0.29, 0.717) is 22.4 Å². The van der Waals surface area contributed by atoms with Crippen LogP contribution in [0, 0.1) is 5.82 Å². The Morgan fingerprint density at radius 2 is 1.75 bits per heavy atom. The molecule has 1 N–H and O–H groups in total. The number of para-hydroxylation sites is 1. The Balaban J connectivity index is 1.98. The molecule has 0 atom stereocenters. The summed E-state index contributed by atoms with van der Waals surface area (Å²) in [5, 5.41) is 2.69. The molecule has 2 aromatic rings. The number of hydrogen-bond acceptors (Lipinski definition) is 2. The number of amides is 1. The van der Waals surface area contributed by atoms with Crippen molar-refractivity contribution in [3.05, 3.63) is 71.6 Å². The van der Waals surface area contributed by atoms with Gasteiger partial charge in [0.05, 0.1) is 5.57 Å². The molecule has 4 heteroatoms. The molecule has 0 bridgehead atoms. The number of carbonyl (C=O) groups is 2. The number of fused-ring (bicyclic) bond motifs is 1. The van der Waals surface area contributed by atoms with Gasteiger partial charge in [0.25, 0.3) is 5.91 Å². The summed E-state index contributed by atoms with van der Waals surface area (Å²) in [4.78, 5) is 23.9. The lowest BCUT2D eigenvalue weighted by molar-refractivity contribution is -0.110. The maximum Gasteiger partial charge on any atom is 0.256 e. The lowest BCUT2D eigenvalue weighted by Gasteiger charge is -1.98. The zero-order chi connectivity index (χ0) is 14.1. The molecule has 3 rings (SSSR count). The number of ketones is 1. The molecule has 98 valence electrons. The highest BCUT2D eigenvalue weighted by Gasteiger charge is 2.24. The Morgan fingerprint density at radius 1 is 1.05 bits per heavy atom. The van der Waals surface area contributed by atoms with Crippen LogP contribution in [0.3, 0.4) is 0 Å². The molecular weight excluding hydrogens is 257 g/mol. The first-order chi connectivity index (χ1) is 9.65. The van der Waals surface area contributed by atoms with E-state index < -0.39 is 5.82 Å². The van der Waals surface area contributed by atoms with Gasteiger partial charge in [-0.25, -0.2) is 4.39 Å². The van der Waals surface area contributed by atoms with Crippen LogP contribution in [0.2, 0.25) is 0 Å². The monoisotopic (exact) mass is 267 g/mol. The van der Waals surface area contributed by atoms with E-state index in [1.807, 2.05) is 6.07 Å². The number of rotatable bonds is 2. The van der Waals surface area contributed by atoms with Gasteiger partial charge in [-0.3, -0.25) is 9.59 Å². The molecule has 0 saturated carbocycles. The van der Waals surface area contributed by atoms with Gasteiger partial charge in [0.15, 0.2) is 5.78 Å². The quantitative estimate of drug-likeness (QED) is 0.671. The minimum atomic E-state index is -0.404. The second-order valence-corrected chi connectivity index (χ2v) is 4.43. The largest absolute Gasteiger partial charge is 0.321 e. The van der Waals surface area contributed by atoms with Gasteiger partial charge in [-0.2, -0.15) is 0 Å². The van der Waals surface area contributed by atoms with Gasteiger partial charge in [-0.05, 0) is 36.4 Å². The number of nitrogens with one attached hydrogen (secondary N) is 1. The van der Waals surface area contributed by atoms with Crippen molar-refractivity contribution in [2.45, 2.75) is 0 Å². The smallest absolute Gasteiger partial charge is 0.256 e. The van der Waals surface area contributed by atoms with Crippen LogP contribution in [0.5, 0.6) is 0 Å². The molecule has 0 fully saturated rings. The van der Waals surface area contributed by atoms with Crippen LogP contribution in [0.1, 0.15) is 15.9 Å². The summed E-state index contributed by atoms with van der Waals surface area (Å²) < 4.78 is 12.8. The van der Waals surface area contributed by atoms with Gasteiger partial charge in [0.1, 0.15) is 5.82 Å². The van der Waals surface area contributed by atoms with Crippen molar-refractivity contribution in [1.82, 2.24) is 0 Å². The highest BCUT2D eigenvalue weighted by Crippen LogP contribution is 2.31. The average molecular weight is 267 g/mol. The third-order valence-electron chi connectivity index (χ3n) is 3.11. The predicted octanol–water partition coefficient (Wildman–Crippen LogP) is 3.04. The first-order valence-corrected chi connectivity index (χ1v) is 6.07. The molecule has 0 unspecified atom stereocenters. The fourth-order valence-electron chi connectivity index (χ4n) is 2.11. The van der Waals surface area contributed by atoms with Crippen LogP contribution >= 0.6 is 0 Å². The molecule has 0 saturated heterocycles. The molecule has 1 aliphatic rings. The van der Waals surface area contributed by atoms with E-state index in [4.69, 9.17) is 0 Å². The van der Waals surface area contributed by atoms with Crippen LogP contribution in [0.15, 0.2) is 54.6 Å². The molecule has 20 heavy (non-hydrogen) atoms. The summed E-state index contributed by atoms with van der Waals surface area (Å²) >= 11 is 0. The number of carbonyl (C=O) groups excluding carboxylic acids is 2. The molecule has 0 aromatic heterocycles. The van der Waals surface area contributed by atoms with Crippen LogP contribution in [0.25, 0.3) is 5.57 Å². The van der Waals surface area contributed by atoms with E-state index in [2.05, 4.69) is 5.32 Å². The fourth-order valence-corrected chi connectivity index (χ4v) is 2.11. The molecule has 0 radical (unpaired) electrons. The molecule has 0 aliphatic carbocycles. The topological polar surface area (TPSA) is 46.2 Å². The summed E-state index contributed by atoms with van der Waals surface area (Å²) in [5.74, 6) is -1.04. The van der Waals surface area contributed by atoms with Crippen molar-refractivity contribution in [1.29, 1.82) is 0 Å². The molecule has 3 nitrogen and oxygen atoms in total. The average Bonchev–Trinajstić information content (AvgIpc) is 2.76. The van der Waals surface area contributed by atoms with E-state index in [-0.39, 0.29) is 11.7 Å². The summed E-state index contributed by atoms with van der Waals surface area (Å²) in [5.41, 5.74) is 2.06. The van der Waals surface area contributed by atoms with Crippen molar-refractivity contribution in [3.8, 4) is 0 Å². The van der Waals surface area contributed by atoms with Crippen molar-refractivity contribution < 1.29 is 14.0 Å². The molecule has 1 amide bonds. The predicted molar refractivity (Wildman–Crippen MR) is 73.8 cm³/mol. The van der Waals surface area contributed by atoms with Gasteiger partial charge < -0.3 is 5.32 Å². The Labute approximate surface area is 114 Å². The number of hydrogen-bond donors (Lipinski definition) is 1. The molecule has 1 aliphatic heterocycles. The number of benzene rings is 2. The number of halogens is 1. The van der Waals surface area contributed by atoms with Crippen LogP contribution < -0.4 is 5.32 Å². The van der Waals surface area contributed by atoms with E-state index in [9.17, 15) is 14.0 Å². The summed E-state index contributed by atoms with van der Waals surface area (Å²) in [6, 6.07) is 12.4. The van der Waals surface area contributed by atoms with Crippen molar-refractivity contribution >= 4 is 23.0 Å². The highest BCUT2D eigenvalue weighted by molar-refractivity contribution is 6.35. The zero-order valence-electron chi connectivity index (χ0n) is 10.4. The lowest BCUT2D eigenvalue weighted by atomic mass is 10.0. The van der Waals surface area contributed by atoms with E-state index >= 15 is 0 Å². The summed E-state index contributed by atoms with van der Waals surface area (Å²) in [6.45, 7) is 0. The van der Waals surface area contributed by atoms with Crippen LogP contribution in [-0.2, 0) is 4.79 Å². The fraction of sp³-hybridized carbons (Fsp3) is 0. The summed E-state index contributed by atoms with van der Waals surface area (Å²) in [7, 11) is 0. The van der Waals surface area contributed by atoms with Crippen LogP contribution in [0.4, 0.5) is 10.1 Å². The molecule has 0 spiro atoms. The third-order valence-corrected chi connectivity index (χ3v) is 3.11. The van der Waals surface area contributed by atoms with Gasteiger partial charge in [0, 0.05) is 16.8 Å². The molecule has 1 heterocycles. The van der Waals surface area contributed by atoms with Crippen LogP contribution in [-0.4, -0.2) is 11.7 Å². The Kier molecular flexibility index (Phi) is 2.91. The molecular formula is C16H10FNO2. The van der Waals surface area contributed by atoms with Crippen molar-refractivity contribution in [3.63, 3.8) is 0 Å². The second-order valence-electron chi connectivity index (χ2n) is 4.43. The first kappa shape index (κ1) is 12.3. The Morgan fingerprint density at radius 3 is 2.50 bits per heavy atom. The van der Waals surface area contributed by atoms with E-state index in [1.54, 1.807) is 18.2 Å². The maximum atomic E-state index is 12.8. The highest BCUT2D eigenvalue weighted by atomic mass is 19.1. The molecule has 2 aromatic carbocycles. The maximum absolute atomic E-state index is 12.8. The van der Waals surface area contributed by atoms with Gasteiger partial charge in [-0.15, -0.1) is 0 Å². The summed E-state index contributed by atoms with van der Waals surface area (Å²) in [6.07, 6.45) is 1.29. The van der Waals surface area contributed by atoms with Gasteiger partial charge in [-0.1, -0.05) is 18.2 Å². The van der Waals surface area contributed by atoms with Gasteiger partial charge in [0.2, 0.25) is 0 Å². The standard InChI is InChI=1S/C16H10FNO2/c17-11-7-5-10(6-8-11)15(19)9-13-12-3-1-2-4-14(12)18-16(13)20/h1-9H,(H,18,20). The lowest BCUT2D eigenvalue weighted by Crippen LogP contribution is -2.06. The SMILES string of the molecule is O=C1Nc2ccccc2C1=CC(=O)c1ccc(F)cc1. The Hall–Kier alpha value is -2.75. The number of anilines is 1. The minimum absolute atomic E-state index is 0.304. The second kappa shape index (κ2) is 4.74. The normalized spacial score (nSPS) is 15.1. The van der Waals surface area contributed by atoms with Crippen molar-refractivity contribution in [2.24, 2.45) is 0 Å². The zero-order valence-corrected chi connectivity index (χ0v) is 10.4. The van der Waals surface area contributed by atoms with E-state index in [0.717, 1.165) is 0 Å². The van der Waals surface area contributed by atoms with Crippen molar-refractivity contribution in [2.75, 3.05) is 5.32 Å². The Bertz CT molecular complexity index is 732. The minimum Gasteiger partial charge on any atom is -0.321 e.